The maximum atomic E-state index is 13.5. The zero-order valence-corrected chi connectivity index (χ0v) is 17.6. The highest BCUT2D eigenvalue weighted by atomic mass is 19.1. The van der Waals surface area contributed by atoms with Gasteiger partial charge in [-0.05, 0) is 56.9 Å². The van der Waals surface area contributed by atoms with Gasteiger partial charge in [0.05, 0.1) is 24.3 Å². The molecule has 0 radical (unpaired) electrons. The van der Waals surface area contributed by atoms with Crippen LogP contribution in [0.1, 0.15) is 23.6 Å². The molecule has 0 saturated carbocycles. The van der Waals surface area contributed by atoms with E-state index in [1.165, 1.54) is 54.5 Å². The van der Waals surface area contributed by atoms with Crippen LogP contribution in [0.3, 0.4) is 0 Å². The molecule has 1 heterocycles. The predicted octanol–water partition coefficient (Wildman–Crippen LogP) is 2.91. The second-order valence-corrected chi connectivity index (χ2v) is 7.58. The van der Waals surface area contributed by atoms with Gasteiger partial charge in [0.15, 0.2) is 0 Å². The Hall–Kier alpha value is -3.39. The molecule has 2 aromatic carbocycles. The van der Waals surface area contributed by atoms with E-state index in [1.807, 2.05) is 19.0 Å². The van der Waals surface area contributed by atoms with Gasteiger partial charge < -0.3 is 24.7 Å². The minimum absolute atomic E-state index is 0.000738. The van der Waals surface area contributed by atoms with Crippen LogP contribution >= 0.6 is 0 Å². The lowest BCUT2D eigenvalue weighted by Crippen LogP contribution is -2.32. The number of Topliss-reactive ketones (excluding diaryl/α,β-unsaturated/α-hetero) is 1. The number of methoxy groups -OCH3 is 1. The number of ketones is 1. The van der Waals surface area contributed by atoms with Gasteiger partial charge in [0.2, 0.25) is 0 Å². The van der Waals surface area contributed by atoms with Gasteiger partial charge in [0, 0.05) is 12.6 Å². The summed E-state index contributed by atoms with van der Waals surface area (Å²) in [4.78, 5) is 29.1. The molecule has 1 aliphatic heterocycles. The summed E-state index contributed by atoms with van der Waals surface area (Å²) in [6.07, 6.45) is 0.603. The maximum Gasteiger partial charge on any atom is 0.295 e. The average molecular weight is 428 g/mol. The van der Waals surface area contributed by atoms with Crippen LogP contribution in [0.4, 0.5) is 4.39 Å². The van der Waals surface area contributed by atoms with Crippen LogP contribution in [0.15, 0.2) is 48.0 Å². The molecule has 0 aromatic heterocycles. The smallest absolute Gasteiger partial charge is 0.295 e. The minimum Gasteiger partial charge on any atom is -0.507 e. The van der Waals surface area contributed by atoms with E-state index in [0.29, 0.717) is 24.3 Å². The number of likely N-dealkylation sites (tertiary alicyclic amines) is 1. The molecule has 3 rings (SSSR count). The molecule has 1 atom stereocenters. The molecular weight excluding hydrogens is 403 g/mol. The number of halogens is 1. The minimum atomic E-state index is -0.899. The summed E-state index contributed by atoms with van der Waals surface area (Å²) in [5.74, 6) is -2.49. The summed E-state index contributed by atoms with van der Waals surface area (Å²) in [5, 5.41) is 21.3. The highest BCUT2D eigenvalue weighted by Gasteiger charge is 2.46. The van der Waals surface area contributed by atoms with E-state index < -0.39 is 29.3 Å². The topological polar surface area (TPSA) is 90.3 Å². The van der Waals surface area contributed by atoms with Gasteiger partial charge in [0.1, 0.15) is 23.1 Å². The second kappa shape index (κ2) is 9.18. The Bertz CT molecular complexity index is 1020. The van der Waals surface area contributed by atoms with E-state index in [0.717, 1.165) is 0 Å². The molecule has 164 valence electrons. The molecule has 1 saturated heterocycles. The Morgan fingerprint density at radius 1 is 1.16 bits per heavy atom. The normalized spacial score (nSPS) is 18.1. The van der Waals surface area contributed by atoms with E-state index >= 15 is 0 Å². The SMILES string of the molecule is COc1ccc(/C(O)=C2/C(=O)C(=O)N(CCCN(C)C)C2c2ccc(F)cc2)c(O)c1. The Morgan fingerprint density at radius 2 is 1.84 bits per heavy atom. The fourth-order valence-corrected chi connectivity index (χ4v) is 3.64. The van der Waals surface area contributed by atoms with Crippen molar-refractivity contribution in [1.29, 1.82) is 0 Å². The summed E-state index contributed by atoms with van der Waals surface area (Å²) < 4.78 is 18.6. The number of aromatic hydroxyl groups is 1. The molecule has 7 nitrogen and oxygen atoms in total. The van der Waals surface area contributed by atoms with Crippen molar-refractivity contribution in [3.63, 3.8) is 0 Å². The zero-order chi connectivity index (χ0) is 22.7. The third-order valence-corrected chi connectivity index (χ3v) is 5.19. The third kappa shape index (κ3) is 4.54. The Balaban J connectivity index is 2.11. The highest BCUT2D eigenvalue weighted by Crippen LogP contribution is 2.41. The van der Waals surface area contributed by atoms with Gasteiger partial charge in [-0.25, -0.2) is 4.39 Å². The molecule has 0 spiro atoms. The Labute approximate surface area is 180 Å². The van der Waals surface area contributed by atoms with E-state index in [2.05, 4.69) is 0 Å². The van der Waals surface area contributed by atoms with Crippen molar-refractivity contribution in [2.75, 3.05) is 34.3 Å². The predicted molar refractivity (Wildman–Crippen MR) is 113 cm³/mol. The summed E-state index contributed by atoms with van der Waals surface area (Å²) in [6.45, 7) is 0.967. The van der Waals surface area contributed by atoms with Crippen molar-refractivity contribution in [2.24, 2.45) is 0 Å². The van der Waals surface area contributed by atoms with E-state index in [9.17, 15) is 24.2 Å². The number of aliphatic hydroxyl groups is 1. The number of carbonyl (C=O) groups is 2. The van der Waals surface area contributed by atoms with Crippen LogP contribution < -0.4 is 4.74 Å². The number of phenols is 1. The molecule has 1 fully saturated rings. The summed E-state index contributed by atoms with van der Waals surface area (Å²) >= 11 is 0. The van der Waals surface area contributed by atoms with Gasteiger partial charge in [-0.1, -0.05) is 12.1 Å². The molecule has 1 amide bonds. The van der Waals surface area contributed by atoms with Crippen molar-refractivity contribution in [2.45, 2.75) is 12.5 Å². The van der Waals surface area contributed by atoms with Crippen LogP contribution in [-0.2, 0) is 9.59 Å². The molecule has 2 aromatic rings. The van der Waals surface area contributed by atoms with Crippen LogP contribution in [0.2, 0.25) is 0 Å². The molecule has 2 N–H and O–H groups in total. The van der Waals surface area contributed by atoms with E-state index in [-0.39, 0.29) is 23.4 Å². The number of ether oxygens (including phenoxy) is 1. The Kier molecular flexibility index (Phi) is 6.60. The van der Waals surface area contributed by atoms with E-state index in [1.54, 1.807) is 0 Å². The molecule has 8 heteroatoms. The summed E-state index contributed by atoms with van der Waals surface area (Å²) in [7, 11) is 5.23. The number of amides is 1. The quantitative estimate of drug-likeness (QED) is 0.400. The number of nitrogens with zero attached hydrogens (tertiary/aromatic N) is 2. The van der Waals surface area contributed by atoms with Gasteiger partial charge in [-0.2, -0.15) is 0 Å². The zero-order valence-electron chi connectivity index (χ0n) is 17.6. The molecule has 1 unspecified atom stereocenters. The first-order valence-electron chi connectivity index (χ1n) is 9.80. The number of hydrogen-bond donors (Lipinski definition) is 2. The number of rotatable bonds is 7. The number of hydrogen-bond acceptors (Lipinski definition) is 6. The maximum absolute atomic E-state index is 13.5. The fraction of sp³-hybridized carbons (Fsp3) is 0.304. The highest BCUT2D eigenvalue weighted by molar-refractivity contribution is 6.46. The van der Waals surface area contributed by atoms with Gasteiger partial charge in [-0.15, -0.1) is 0 Å². The number of aliphatic hydroxyl groups excluding tert-OH is 1. The van der Waals surface area contributed by atoms with Gasteiger partial charge in [0.25, 0.3) is 11.7 Å². The summed E-state index contributed by atoms with van der Waals surface area (Å²) in [5.41, 5.74) is 0.334. The average Bonchev–Trinajstić information content (AvgIpc) is 2.98. The standard InChI is InChI=1S/C23H25FN2O5/c1-25(2)11-4-12-26-20(14-5-7-15(24)8-6-14)19(22(29)23(26)30)21(28)17-10-9-16(31-3)13-18(17)27/h5-10,13,20,27-28H,4,11-12H2,1-3H3/b21-19-. The van der Waals surface area contributed by atoms with Crippen LogP contribution in [0.25, 0.3) is 5.76 Å². The largest absolute Gasteiger partial charge is 0.507 e. The monoisotopic (exact) mass is 428 g/mol. The molecule has 0 aliphatic carbocycles. The van der Waals surface area contributed by atoms with Crippen molar-refractivity contribution >= 4 is 17.4 Å². The van der Waals surface area contributed by atoms with Crippen molar-refractivity contribution in [1.82, 2.24) is 9.80 Å². The van der Waals surface area contributed by atoms with Crippen LogP contribution in [-0.4, -0.2) is 66.0 Å². The molecule has 1 aliphatic rings. The van der Waals surface area contributed by atoms with Crippen LogP contribution in [0, 0.1) is 5.82 Å². The summed E-state index contributed by atoms with van der Waals surface area (Å²) in [6, 6.07) is 8.76. The number of phenolic OH excluding ortho intramolecular Hbond substituents is 1. The fourth-order valence-electron chi connectivity index (χ4n) is 3.64. The number of benzene rings is 2. The van der Waals surface area contributed by atoms with Gasteiger partial charge >= 0.3 is 0 Å². The van der Waals surface area contributed by atoms with Gasteiger partial charge in [-0.3, -0.25) is 9.59 Å². The molecular formula is C23H25FN2O5. The van der Waals surface area contributed by atoms with Crippen molar-refractivity contribution < 1.29 is 28.9 Å². The number of carbonyl (C=O) groups excluding carboxylic acids is 2. The second-order valence-electron chi connectivity index (χ2n) is 7.58. The molecule has 0 bridgehead atoms. The van der Waals surface area contributed by atoms with E-state index in [4.69, 9.17) is 4.74 Å². The Morgan fingerprint density at radius 3 is 2.42 bits per heavy atom. The lowest BCUT2D eigenvalue weighted by atomic mass is 9.95. The lowest BCUT2D eigenvalue weighted by molar-refractivity contribution is -0.139. The van der Waals surface area contributed by atoms with Crippen molar-refractivity contribution in [3.05, 3.63) is 65.0 Å². The first kappa shape index (κ1) is 22.3. The first-order chi connectivity index (χ1) is 14.7. The lowest BCUT2D eigenvalue weighted by Gasteiger charge is -2.26. The van der Waals surface area contributed by atoms with Crippen LogP contribution in [0.5, 0.6) is 11.5 Å². The molecule has 31 heavy (non-hydrogen) atoms. The first-order valence-corrected chi connectivity index (χ1v) is 9.80. The van der Waals surface area contributed by atoms with Crippen molar-refractivity contribution in [3.8, 4) is 11.5 Å². The third-order valence-electron chi connectivity index (χ3n) is 5.19.